The van der Waals surface area contributed by atoms with E-state index in [9.17, 15) is 9.59 Å². The number of aromatic carboxylic acids is 1. The van der Waals surface area contributed by atoms with Gasteiger partial charge in [-0.25, -0.2) is 9.59 Å². The van der Waals surface area contributed by atoms with Gasteiger partial charge in [0.25, 0.3) is 0 Å². The van der Waals surface area contributed by atoms with E-state index in [4.69, 9.17) is 15.3 Å². The minimum absolute atomic E-state index is 0.331. The number of hydrogen-bond acceptors (Lipinski definition) is 6. The van der Waals surface area contributed by atoms with Crippen LogP contribution in [0.1, 0.15) is 27.4 Å². The third-order valence-electron chi connectivity index (χ3n) is 8.43. The molecule has 1 unspecified atom stereocenters. The molecule has 0 aliphatic rings. The summed E-state index contributed by atoms with van der Waals surface area (Å²) in [6, 6.07) is 34.6. The Morgan fingerprint density at radius 1 is 0.898 bits per heavy atom. The molecule has 10 nitrogen and oxygen atoms in total. The van der Waals surface area contributed by atoms with Gasteiger partial charge < -0.3 is 25.5 Å². The van der Waals surface area contributed by atoms with Gasteiger partial charge in [0.05, 0.1) is 31.0 Å². The number of urea groups is 1. The number of amides is 2. The van der Waals surface area contributed by atoms with Crippen molar-refractivity contribution in [2.45, 2.75) is 19.9 Å². The van der Waals surface area contributed by atoms with E-state index in [0.717, 1.165) is 46.6 Å². The highest BCUT2D eigenvalue weighted by molar-refractivity contribution is 5.92. The summed E-state index contributed by atoms with van der Waals surface area (Å²) in [6.45, 7) is 3.44. The predicted molar refractivity (Wildman–Crippen MR) is 196 cm³/mol. The maximum Gasteiger partial charge on any atom is 0.335 e. The molecule has 0 aliphatic carbocycles. The summed E-state index contributed by atoms with van der Waals surface area (Å²) in [5.41, 5.74) is 13.7. The van der Waals surface area contributed by atoms with Gasteiger partial charge in [-0.1, -0.05) is 60.7 Å². The zero-order chi connectivity index (χ0) is 35.0. The molecule has 0 aliphatic heterocycles. The predicted octanol–water partition coefficient (Wildman–Crippen LogP) is 7.52. The number of carbonyl (C=O) groups is 2. The minimum Gasteiger partial charge on any atom is -0.478 e. The summed E-state index contributed by atoms with van der Waals surface area (Å²) in [4.78, 5) is 23.7. The first-order valence-electron chi connectivity index (χ1n) is 15.9. The van der Waals surface area contributed by atoms with E-state index in [1.165, 1.54) is 16.8 Å². The lowest BCUT2D eigenvalue weighted by Gasteiger charge is -2.34. The molecule has 6 rings (SSSR count). The van der Waals surface area contributed by atoms with E-state index in [-0.39, 0.29) is 0 Å². The van der Waals surface area contributed by atoms with Gasteiger partial charge in [0.1, 0.15) is 29.3 Å². The number of anilines is 2. The average Bonchev–Trinajstić information content (AvgIpc) is 3.42. The lowest BCUT2D eigenvalue weighted by atomic mass is 10.0. The molecule has 6 aromatic rings. The van der Waals surface area contributed by atoms with E-state index in [2.05, 4.69) is 77.2 Å². The van der Waals surface area contributed by atoms with Crippen molar-refractivity contribution in [3.8, 4) is 11.1 Å². The highest BCUT2D eigenvalue weighted by atomic mass is 16.4. The van der Waals surface area contributed by atoms with Crippen molar-refractivity contribution < 1.29 is 19.1 Å². The van der Waals surface area contributed by atoms with Crippen LogP contribution in [0.25, 0.3) is 22.1 Å². The Hall–Kier alpha value is -6.00. The summed E-state index contributed by atoms with van der Waals surface area (Å²) in [5.74, 6) is -0.0131. The second-order valence-electron chi connectivity index (χ2n) is 12.3. The summed E-state index contributed by atoms with van der Waals surface area (Å²) >= 11 is 0. The number of nitrogens with one attached hydrogen (secondary N) is 1. The minimum atomic E-state index is -0.879. The molecule has 4 N–H and O–H groups in total. The fraction of sp³-hybridized carbons (Fsp3) is 0.179. The molecule has 1 atom stereocenters. The lowest BCUT2D eigenvalue weighted by Crippen LogP contribution is -2.46. The van der Waals surface area contributed by atoms with E-state index in [1.54, 1.807) is 42.6 Å². The van der Waals surface area contributed by atoms with Crippen LogP contribution in [0.15, 0.2) is 120 Å². The third kappa shape index (κ3) is 8.68. The van der Waals surface area contributed by atoms with Gasteiger partial charge in [-0.15, -0.1) is 5.10 Å². The number of benzene rings is 4. The van der Waals surface area contributed by atoms with E-state index in [1.807, 2.05) is 44.1 Å². The third-order valence-corrected chi connectivity index (χ3v) is 8.43. The molecule has 0 bridgehead atoms. The van der Waals surface area contributed by atoms with Gasteiger partial charge in [0.2, 0.25) is 0 Å². The zero-order valence-corrected chi connectivity index (χ0v) is 28.1. The number of carbonyl (C=O) groups excluding carboxylic acids is 1. The van der Waals surface area contributed by atoms with Crippen molar-refractivity contribution >= 4 is 40.0 Å². The van der Waals surface area contributed by atoms with Crippen LogP contribution in [0, 0.1) is 6.92 Å². The number of fused-ring (bicyclic) bond motifs is 1. The molecule has 2 amide bonds. The Bertz CT molecular complexity index is 2050. The number of hydrogen-bond donors (Lipinski definition) is 3. The number of nitrogens with zero attached hydrogens (tertiary/aromatic N) is 4. The van der Waals surface area contributed by atoms with Crippen LogP contribution in [-0.2, 0) is 13.0 Å². The van der Waals surface area contributed by atoms with Gasteiger partial charge in [0.15, 0.2) is 0 Å². The number of primary amides is 1. The molecule has 10 heteroatoms. The first-order chi connectivity index (χ1) is 23.5. The standard InChI is InChI=1S/C32H34N6O2.C7H6O2/c1-22-29(30-19-25(35-32(33)39)13-14-31(30)40-22)15-16-38(4,21-26-18-27(37(2)3)20-34-36-26)28-12-8-11-24(17-28)23-9-6-5-7-10-23;8-7(9)6-4-2-1-3-5-6/h5-14,17-20H,15-16,21H2,1-4H3,(H2-,33,35,39);1-5H,(H,8,9)/p+1. The van der Waals surface area contributed by atoms with Crippen LogP contribution in [0.5, 0.6) is 0 Å². The van der Waals surface area contributed by atoms with Crippen LogP contribution in [0.2, 0.25) is 0 Å². The van der Waals surface area contributed by atoms with Gasteiger partial charge >= 0.3 is 12.0 Å². The highest BCUT2D eigenvalue weighted by Crippen LogP contribution is 2.33. The van der Waals surface area contributed by atoms with Crippen molar-refractivity contribution in [1.82, 2.24) is 14.7 Å². The zero-order valence-electron chi connectivity index (χ0n) is 28.1. The van der Waals surface area contributed by atoms with Crippen LogP contribution in [-0.4, -0.2) is 55.0 Å². The first kappa shape index (κ1) is 34.3. The quantitative estimate of drug-likeness (QED) is 0.130. The van der Waals surface area contributed by atoms with Crippen molar-refractivity contribution in [2.75, 3.05) is 37.9 Å². The highest BCUT2D eigenvalue weighted by Gasteiger charge is 2.28. The first-order valence-corrected chi connectivity index (χ1v) is 15.9. The molecule has 2 aromatic heterocycles. The van der Waals surface area contributed by atoms with Crippen LogP contribution in [0.3, 0.4) is 0 Å². The Balaban J connectivity index is 0.000000452. The number of aryl methyl sites for hydroxylation is 1. The van der Waals surface area contributed by atoms with Crippen molar-refractivity contribution in [3.63, 3.8) is 0 Å². The summed E-state index contributed by atoms with van der Waals surface area (Å²) in [6.07, 6.45) is 2.54. The van der Waals surface area contributed by atoms with Crippen molar-refractivity contribution in [1.29, 1.82) is 0 Å². The number of rotatable bonds is 10. The van der Waals surface area contributed by atoms with Crippen LogP contribution >= 0.6 is 0 Å². The van der Waals surface area contributed by atoms with E-state index in [0.29, 0.717) is 22.3 Å². The molecule has 0 saturated carbocycles. The van der Waals surface area contributed by atoms with Crippen molar-refractivity contribution in [2.24, 2.45) is 5.73 Å². The molecule has 250 valence electrons. The second kappa shape index (κ2) is 15.3. The van der Waals surface area contributed by atoms with Crippen molar-refractivity contribution in [3.05, 3.63) is 138 Å². The van der Waals surface area contributed by atoms with Gasteiger partial charge in [-0.2, -0.15) is 5.10 Å². The largest absolute Gasteiger partial charge is 0.478 e. The summed E-state index contributed by atoms with van der Waals surface area (Å²) in [7, 11) is 6.25. The number of carboxylic acid groups (broad SMARTS) is 1. The fourth-order valence-electron chi connectivity index (χ4n) is 5.77. The van der Waals surface area contributed by atoms with E-state index < -0.39 is 12.0 Å². The summed E-state index contributed by atoms with van der Waals surface area (Å²) < 4.78 is 6.70. The Morgan fingerprint density at radius 3 is 2.24 bits per heavy atom. The smallest absolute Gasteiger partial charge is 0.335 e. The van der Waals surface area contributed by atoms with Gasteiger partial charge in [0, 0.05) is 43.2 Å². The number of aromatic nitrogens is 2. The maximum atomic E-state index is 11.4. The molecule has 49 heavy (non-hydrogen) atoms. The monoisotopic (exact) mass is 657 g/mol. The second-order valence-corrected chi connectivity index (χ2v) is 12.3. The normalized spacial score (nSPS) is 12.0. The topological polar surface area (TPSA) is 135 Å². The van der Waals surface area contributed by atoms with Gasteiger partial charge in [-0.05, 0) is 60.5 Å². The number of furan rings is 1. The Morgan fingerprint density at radius 2 is 1.59 bits per heavy atom. The van der Waals surface area contributed by atoms with E-state index >= 15 is 0 Å². The fourth-order valence-corrected chi connectivity index (χ4v) is 5.77. The Labute approximate surface area is 286 Å². The Kier molecular flexibility index (Phi) is 10.7. The molecule has 0 fully saturated rings. The molecule has 2 heterocycles. The molecular weight excluding hydrogens is 616 g/mol. The molecule has 0 spiro atoms. The number of quaternary nitrogens is 1. The lowest BCUT2D eigenvalue weighted by molar-refractivity contribution is 0.0697. The molecule has 0 radical (unpaired) electrons. The number of likely N-dealkylation sites (N-methyl/N-ethyl adjacent to an activating group) is 1. The maximum absolute atomic E-state index is 11.4. The SMILES string of the molecule is Cc1oc2ccc(NC(N)=O)cc2c1CC[N+](C)(Cc1cc(N(C)C)cnn1)c1cccc(-c2ccccc2)c1.O=C(O)c1ccccc1. The van der Waals surface area contributed by atoms with Gasteiger partial charge in [-0.3, -0.25) is 4.48 Å². The molecular formula is C39H41N6O4+. The van der Waals surface area contributed by atoms with Crippen LogP contribution in [0.4, 0.5) is 21.9 Å². The molecule has 4 aromatic carbocycles. The van der Waals surface area contributed by atoms with Crippen LogP contribution < -0.4 is 20.4 Å². The average molecular weight is 658 g/mol. The summed E-state index contributed by atoms with van der Waals surface area (Å²) in [5, 5.41) is 20.8. The molecule has 0 saturated heterocycles. The number of nitrogens with two attached hydrogens (primary N) is 1. The number of carboxylic acids is 1.